The molecule has 3 aromatic rings. The molecule has 0 fully saturated rings. The van der Waals surface area contributed by atoms with Crippen molar-refractivity contribution in [3.05, 3.63) is 95.3 Å². The van der Waals surface area contributed by atoms with Crippen LogP contribution in [-0.2, 0) is 26.1 Å². The number of sulfonamides is 1. The molecular formula is C26H27FN2O5S. The molecule has 1 amide bonds. The second kappa shape index (κ2) is 11.1. The number of hydrogen-bond donors (Lipinski definition) is 1. The third-order valence-electron chi connectivity index (χ3n) is 5.30. The predicted octanol–water partition coefficient (Wildman–Crippen LogP) is 4.53. The summed E-state index contributed by atoms with van der Waals surface area (Å²) in [6.07, 6.45) is 0. The molecule has 0 saturated carbocycles. The van der Waals surface area contributed by atoms with Crippen LogP contribution in [0.4, 0.5) is 10.1 Å². The van der Waals surface area contributed by atoms with Gasteiger partial charge in [0.1, 0.15) is 5.82 Å². The van der Waals surface area contributed by atoms with Gasteiger partial charge in [0.2, 0.25) is 0 Å². The van der Waals surface area contributed by atoms with Crippen molar-refractivity contribution in [1.82, 2.24) is 4.90 Å². The topological polar surface area (TPSA) is 92.8 Å². The lowest BCUT2D eigenvalue weighted by molar-refractivity contribution is -0.136. The van der Waals surface area contributed by atoms with E-state index in [1.54, 1.807) is 17.0 Å². The quantitative estimate of drug-likeness (QED) is 0.438. The van der Waals surface area contributed by atoms with Crippen molar-refractivity contribution in [3.63, 3.8) is 0 Å². The van der Waals surface area contributed by atoms with Crippen molar-refractivity contribution < 1.29 is 27.1 Å². The van der Waals surface area contributed by atoms with E-state index in [0.717, 1.165) is 17.7 Å². The van der Waals surface area contributed by atoms with E-state index in [9.17, 15) is 22.4 Å². The zero-order chi connectivity index (χ0) is 25.6. The molecule has 184 valence electrons. The number of carbonyl (C=O) groups excluding carboxylic acids is 2. The Balaban J connectivity index is 1.72. The van der Waals surface area contributed by atoms with Crippen molar-refractivity contribution >= 4 is 27.6 Å². The van der Waals surface area contributed by atoms with Crippen LogP contribution in [0, 0.1) is 12.7 Å². The van der Waals surface area contributed by atoms with Crippen molar-refractivity contribution in [3.8, 4) is 0 Å². The van der Waals surface area contributed by atoms with Crippen LogP contribution in [0.2, 0.25) is 0 Å². The summed E-state index contributed by atoms with van der Waals surface area (Å²) in [5, 5.41) is 0. The number of halogens is 1. The molecule has 0 radical (unpaired) electrons. The second-order valence-corrected chi connectivity index (χ2v) is 9.92. The van der Waals surface area contributed by atoms with Gasteiger partial charge in [-0.2, -0.15) is 0 Å². The van der Waals surface area contributed by atoms with Gasteiger partial charge in [-0.1, -0.05) is 42.5 Å². The van der Waals surface area contributed by atoms with Crippen molar-refractivity contribution in [2.75, 3.05) is 11.3 Å². The first-order valence-electron chi connectivity index (χ1n) is 11.0. The minimum Gasteiger partial charge on any atom is -0.452 e. The highest BCUT2D eigenvalue weighted by atomic mass is 32.2. The molecule has 0 heterocycles. The van der Waals surface area contributed by atoms with E-state index in [1.807, 2.05) is 44.2 Å². The zero-order valence-corrected chi connectivity index (χ0v) is 20.5. The SMILES string of the molecule is Cc1cc(S(=O)(=O)Nc2ccccc2C(=O)OCC(=O)N(Cc2ccccc2)C(C)C)ccc1F. The Morgan fingerprint density at radius 3 is 2.31 bits per heavy atom. The molecule has 1 N–H and O–H groups in total. The second-order valence-electron chi connectivity index (χ2n) is 8.24. The standard InChI is InChI=1S/C26H27FN2O5S/c1-18(2)29(16-20-9-5-4-6-10-20)25(30)17-34-26(31)22-11-7-8-12-24(22)28-35(32,33)21-13-14-23(27)19(3)15-21/h4-15,18,28H,16-17H2,1-3H3. The van der Waals surface area contributed by atoms with Gasteiger partial charge in [-0.15, -0.1) is 0 Å². The number of anilines is 1. The maximum atomic E-state index is 13.6. The van der Waals surface area contributed by atoms with Gasteiger partial charge in [0, 0.05) is 12.6 Å². The highest BCUT2D eigenvalue weighted by Crippen LogP contribution is 2.22. The summed E-state index contributed by atoms with van der Waals surface area (Å²) in [5.74, 6) is -1.76. The molecule has 0 spiro atoms. The predicted molar refractivity (Wildman–Crippen MR) is 131 cm³/mol. The third kappa shape index (κ3) is 6.66. The molecule has 0 aromatic heterocycles. The zero-order valence-electron chi connectivity index (χ0n) is 19.7. The number of amides is 1. The van der Waals surface area contributed by atoms with E-state index in [0.29, 0.717) is 6.54 Å². The number of para-hydroxylation sites is 1. The van der Waals surface area contributed by atoms with Gasteiger partial charge in [-0.3, -0.25) is 9.52 Å². The van der Waals surface area contributed by atoms with Gasteiger partial charge in [0.15, 0.2) is 6.61 Å². The molecule has 0 aliphatic carbocycles. The lowest BCUT2D eigenvalue weighted by atomic mass is 10.2. The van der Waals surface area contributed by atoms with Crippen LogP contribution in [0.5, 0.6) is 0 Å². The molecule has 3 aromatic carbocycles. The summed E-state index contributed by atoms with van der Waals surface area (Å²) in [7, 11) is -4.10. The van der Waals surface area contributed by atoms with E-state index in [-0.39, 0.29) is 33.7 Å². The lowest BCUT2D eigenvalue weighted by Gasteiger charge is -2.26. The first kappa shape index (κ1) is 25.9. The number of hydrogen-bond acceptors (Lipinski definition) is 5. The molecule has 35 heavy (non-hydrogen) atoms. The van der Waals surface area contributed by atoms with Gasteiger partial charge in [-0.25, -0.2) is 17.6 Å². The molecule has 7 nitrogen and oxygen atoms in total. The van der Waals surface area contributed by atoms with Gasteiger partial charge < -0.3 is 9.64 Å². The minimum atomic E-state index is -4.10. The molecule has 0 unspecified atom stereocenters. The van der Waals surface area contributed by atoms with Crippen molar-refractivity contribution in [1.29, 1.82) is 0 Å². The van der Waals surface area contributed by atoms with Gasteiger partial charge >= 0.3 is 5.97 Å². The van der Waals surface area contributed by atoms with Gasteiger partial charge in [0.25, 0.3) is 15.9 Å². The number of nitrogens with zero attached hydrogens (tertiary/aromatic N) is 1. The molecule has 0 saturated heterocycles. The Kier molecular flexibility index (Phi) is 8.24. The maximum Gasteiger partial charge on any atom is 0.340 e. The number of esters is 1. The molecule has 9 heteroatoms. The number of benzene rings is 3. The van der Waals surface area contributed by atoms with Gasteiger partial charge in [0.05, 0.1) is 16.1 Å². The summed E-state index contributed by atoms with van der Waals surface area (Å²) in [5.41, 5.74) is 1.04. The number of ether oxygens (including phenoxy) is 1. The Bertz CT molecular complexity index is 1310. The fourth-order valence-electron chi connectivity index (χ4n) is 3.36. The van der Waals surface area contributed by atoms with Crippen molar-refractivity contribution in [2.24, 2.45) is 0 Å². The highest BCUT2D eigenvalue weighted by molar-refractivity contribution is 7.92. The largest absolute Gasteiger partial charge is 0.452 e. The van der Waals surface area contributed by atoms with Crippen LogP contribution in [0.1, 0.15) is 35.3 Å². The van der Waals surface area contributed by atoms with E-state index >= 15 is 0 Å². The Morgan fingerprint density at radius 1 is 1.00 bits per heavy atom. The highest BCUT2D eigenvalue weighted by Gasteiger charge is 2.23. The smallest absolute Gasteiger partial charge is 0.340 e. The monoisotopic (exact) mass is 498 g/mol. The summed E-state index contributed by atoms with van der Waals surface area (Å²) < 4.78 is 46.7. The van der Waals surface area contributed by atoms with Crippen molar-refractivity contribution in [2.45, 2.75) is 38.3 Å². The number of nitrogens with one attached hydrogen (secondary N) is 1. The Morgan fingerprint density at radius 2 is 1.66 bits per heavy atom. The van der Waals surface area contributed by atoms with Gasteiger partial charge in [-0.05, 0) is 62.2 Å². The minimum absolute atomic E-state index is 0.0167. The molecule has 0 atom stereocenters. The Hall–Kier alpha value is -3.72. The van der Waals surface area contributed by atoms with E-state index in [4.69, 9.17) is 4.74 Å². The van der Waals surface area contributed by atoms with E-state index < -0.39 is 28.4 Å². The molecule has 0 aliphatic rings. The lowest BCUT2D eigenvalue weighted by Crippen LogP contribution is -2.39. The number of aryl methyl sites for hydroxylation is 1. The van der Waals surface area contributed by atoms with E-state index in [2.05, 4.69) is 4.72 Å². The summed E-state index contributed by atoms with van der Waals surface area (Å²) >= 11 is 0. The van der Waals surface area contributed by atoms with Crippen LogP contribution in [-0.4, -0.2) is 37.8 Å². The van der Waals surface area contributed by atoms with Crippen LogP contribution >= 0.6 is 0 Å². The van der Waals surface area contributed by atoms with E-state index in [1.165, 1.54) is 25.1 Å². The number of rotatable bonds is 9. The molecule has 3 rings (SSSR count). The number of carbonyl (C=O) groups is 2. The Labute approximate surface area is 204 Å². The van der Waals surface area contributed by atoms with Crippen LogP contribution < -0.4 is 4.72 Å². The average Bonchev–Trinajstić information content (AvgIpc) is 2.83. The molecule has 0 aliphatic heterocycles. The maximum absolute atomic E-state index is 13.6. The van der Waals surface area contributed by atoms with Crippen LogP contribution in [0.25, 0.3) is 0 Å². The summed E-state index contributed by atoms with van der Waals surface area (Å²) in [6, 6.07) is 18.6. The first-order valence-corrected chi connectivity index (χ1v) is 12.5. The van der Waals surface area contributed by atoms with Crippen LogP contribution in [0.15, 0.2) is 77.7 Å². The average molecular weight is 499 g/mol. The molecule has 0 bridgehead atoms. The molecular weight excluding hydrogens is 471 g/mol. The van der Waals surface area contributed by atoms with Crippen LogP contribution in [0.3, 0.4) is 0 Å². The summed E-state index contributed by atoms with van der Waals surface area (Å²) in [6.45, 7) is 5.05. The summed E-state index contributed by atoms with van der Waals surface area (Å²) in [4.78, 5) is 27.0. The fraction of sp³-hybridized carbons (Fsp3) is 0.231. The third-order valence-corrected chi connectivity index (χ3v) is 6.66. The normalized spacial score (nSPS) is 11.2. The fourth-order valence-corrected chi connectivity index (χ4v) is 4.53. The first-order chi connectivity index (χ1) is 16.6.